The molecule has 1 N–H and O–H groups in total. The number of benzene rings is 1. The summed E-state index contributed by atoms with van der Waals surface area (Å²) in [6, 6.07) is 10.7. The Kier molecular flexibility index (Phi) is 5.49. The van der Waals surface area contributed by atoms with Crippen LogP contribution in [0, 0.1) is 11.3 Å². The van der Waals surface area contributed by atoms with E-state index in [1.54, 1.807) is 0 Å². The first-order valence-electron chi connectivity index (χ1n) is 9.52. The van der Waals surface area contributed by atoms with Gasteiger partial charge in [-0.05, 0) is 57.7 Å². The predicted octanol–water partition coefficient (Wildman–Crippen LogP) is 3.67. The lowest BCUT2D eigenvalue weighted by Crippen LogP contribution is -2.49. The van der Waals surface area contributed by atoms with Crippen molar-refractivity contribution in [1.82, 2.24) is 4.90 Å². The normalized spacial score (nSPS) is 35.2. The minimum absolute atomic E-state index is 0.0906. The lowest BCUT2D eigenvalue weighted by atomic mass is 9.59. The number of aliphatic hydroxyl groups is 1. The average Bonchev–Trinajstić information content (AvgIpc) is 2.86. The minimum Gasteiger partial charge on any atom is -0.395 e. The lowest BCUT2D eigenvalue weighted by Gasteiger charge is -2.48. The first kappa shape index (κ1) is 18.4. The van der Waals surface area contributed by atoms with Crippen LogP contribution >= 0.6 is 0 Å². The van der Waals surface area contributed by atoms with Gasteiger partial charge in [0, 0.05) is 24.1 Å². The zero-order chi connectivity index (χ0) is 17.9. The van der Waals surface area contributed by atoms with Crippen molar-refractivity contribution >= 4 is 6.21 Å². The third-order valence-electron chi connectivity index (χ3n) is 6.56. The predicted molar refractivity (Wildman–Crippen MR) is 102 cm³/mol. The highest BCUT2D eigenvalue weighted by atomic mass is 16.6. The van der Waals surface area contributed by atoms with Crippen molar-refractivity contribution in [2.45, 2.75) is 50.5 Å². The highest BCUT2D eigenvalue weighted by Crippen LogP contribution is 2.60. The van der Waals surface area contributed by atoms with Crippen LogP contribution < -0.4 is 0 Å². The number of hydrogen-bond donors (Lipinski definition) is 1. The molecule has 2 aliphatic carbocycles. The molecule has 1 aromatic carbocycles. The molecule has 0 unspecified atom stereocenters. The van der Waals surface area contributed by atoms with Gasteiger partial charge in [-0.15, -0.1) is 0 Å². The second-order valence-electron chi connectivity index (χ2n) is 8.34. The summed E-state index contributed by atoms with van der Waals surface area (Å²) in [4.78, 5) is 7.48. The summed E-state index contributed by atoms with van der Waals surface area (Å²) in [7, 11) is 4.05. The van der Waals surface area contributed by atoms with Crippen LogP contribution in [0.5, 0.6) is 0 Å². The van der Waals surface area contributed by atoms with E-state index in [4.69, 9.17) is 4.84 Å². The van der Waals surface area contributed by atoms with Crippen molar-refractivity contribution in [3.8, 4) is 0 Å². The van der Waals surface area contributed by atoms with E-state index >= 15 is 0 Å². The third-order valence-corrected chi connectivity index (χ3v) is 6.56. The van der Waals surface area contributed by atoms with E-state index in [9.17, 15) is 5.11 Å². The first-order valence-corrected chi connectivity index (χ1v) is 9.52. The molecule has 0 spiro atoms. The smallest absolute Gasteiger partial charge is 0.129 e. The molecule has 4 heteroatoms. The number of likely N-dealkylation sites (N-methyl/N-ethyl adjacent to an activating group) is 1. The standard InChI is InChI=1S/C21H32N2O2/c1-20-11-9-18(17-7-5-4-6-8-17)15-21(20,24)12-10-19(20)16-22-25-14-13-23(2)3/h4-8,16,18-19,24H,9-15H2,1-3H3/b22-16+/t18-,19+,20+,21-/m0/s1. The van der Waals surface area contributed by atoms with Gasteiger partial charge >= 0.3 is 0 Å². The molecule has 2 fully saturated rings. The van der Waals surface area contributed by atoms with Gasteiger partial charge in [-0.3, -0.25) is 0 Å². The zero-order valence-corrected chi connectivity index (χ0v) is 15.8. The topological polar surface area (TPSA) is 45.1 Å². The molecular weight excluding hydrogens is 312 g/mol. The first-order chi connectivity index (χ1) is 11.9. The van der Waals surface area contributed by atoms with Crippen LogP contribution in [0.25, 0.3) is 0 Å². The third kappa shape index (κ3) is 3.75. The van der Waals surface area contributed by atoms with Crippen molar-refractivity contribution in [2.24, 2.45) is 16.5 Å². The second-order valence-corrected chi connectivity index (χ2v) is 8.34. The molecule has 0 radical (unpaired) electrons. The van der Waals surface area contributed by atoms with E-state index in [2.05, 4.69) is 47.3 Å². The van der Waals surface area contributed by atoms with Crippen LogP contribution in [0.4, 0.5) is 0 Å². The molecule has 3 rings (SSSR count). The van der Waals surface area contributed by atoms with E-state index in [1.165, 1.54) is 5.56 Å². The number of rotatable bonds is 6. The van der Waals surface area contributed by atoms with Gasteiger partial charge in [0.2, 0.25) is 0 Å². The fourth-order valence-corrected chi connectivity index (χ4v) is 4.72. The van der Waals surface area contributed by atoms with Crippen LogP contribution in [0.3, 0.4) is 0 Å². The van der Waals surface area contributed by atoms with Gasteiger partial charge in [-0.1, -0.05) is 42.4 Å². The molecule has 25 heavy (non-hydrogen) atoms. The Morgan fingerprint density at radius 1 is 1.24 bits per heavy atom. The fraction of sp³-hybridized carbons (Fsp3) is 0.667. The van der Waals surface area contributed by atoms with Gasteiger partial charge < -0.3 is 14.8 Å². The maximum atomic E-state index is 11.4. The molecule has 138 valence electrons. The molecule has 0 aliphatic heterocycles. The summed E-state index contributed by atoms with van der Waals surface area (Å²) in [6.45, 7) is 3.72. The molecule has 2 aliphatic rings. The quantitative estimate of drug-likeness (QED) is 0.486. The Balaban J connectivity index is 1.63. The lowest BCUT2D eigenvalue weighted by molar-refractivity contribution is -0.0959. The summed E-state index contributed by atoms with van der Waals surface area (Å²) in [5, 5.41) is 15.6. The molecular formula is C21H32N2O2. The highest BCUT2D eigenvalue weighted by molar-refractivity contribution is 5.62. The van der Waals surface area contributed by atoms with Gasteiger partial charge in [0.05, 0.1) is 5.60 Å². The van der Waals surface area contributed by atoms with Crippen LogP contribution in [0.15, 0.2) is 35.5 Å². The average molecular weight is 344 g/mol. The van der Waals surface area contributed by atoms with Crippen LogP contribution in [-0.2, 0) is 4.84 Å². The van der Waals surface area contributed by atoms with Gasteiger partial charge in [0.25, 0.3) is 0 Å². The van der Waals surface area contributed by atoms with Crippen molar-refractivity contribution in [2.75, 3.05) is 27.2 Å². The maximum Gasteiger partial charge on any atom is 0.129 e. The van der Waals surface area contributed by atoms with Crippen molar-refractivity contribution in [1.29, 1.82) is 0 Å². The Morgan fingerprint density at radius 2 is 2.00 bits per heavy atom. The van der Waals surface area contributed by atoms with Gasteiger partial charge in [-0.2, -0.15) is 0 Å². The highest BCUT2D eigenvalue weighted by Gasteiger charge is 2.58. The minimum atomic E-state index is -0.591. The zero-order valence-electron chi connectivity index (χ0n) is 15.8. The Labute approximate surface area is 151 Å². The van der Waals surface area contributed by atoms with E-state index < -0.39 is 5.60 Å². The van der Waals surface area contributed by atoms with Crippen molar-refractivity contribution in [3.05, 3.63) is 35.9 Å². The number of nitrogens with zero attached hydrogens (tertiary/aromatic N) is 2. The maximum absolute atomic E-state index is 11.4. The summed E-state index contributed by atoms with van der Waals surface area (Å²) in [5.41, 5.74) is 0.681. The summed E-state index contributed by atoms with van der Waals surface area (Å²) in [6.07, 6.45) is 6.85. The molecule has 4 atom stereocenters. The summed E-state index contributed by atoms with van der Waals surface area (Å²) >= 11 is 0. The Bertz CT molecular complexity index is 589. The van der Waals surface area contributed by atoms with Gasteiger partial charge in [0.1, 0.15) is 6.61 Å². The molecule has 1 aromatic rings. The molecule has 0 saturated heterocycles. The van der Waals surface area contributed by atoms with E-state index in [-0.39, 0.29) is 5.41 Å². The van der Waals surface area contributed by atoms with E-state index in [0.717, 1.165) is 38.6 Å². The number of fused-ring (bicyclic) bond motifs is 1. The molecule has 0 bridgehead atoms. The summed E-state index contributed by atoms with van der Waals surface area (Å²) in [5.74, 6) is 0.764. The monoisotopic (exact) mass is 344 g/mol. The van der Waals surface area contributed by atoms with Gasteiger partial charge in [-0.25, -0.2) is 0 Å². The largest absolute Gasteiger partial charge is 0.395 e. The SMILES string of the molecule is CN(C)CCO/N=C/[C@H]1CC[C@]2(O)C[C@@H](c3ccccc3)CC[C@]12C. The van der Waals surface area contributed by atoms with Crippen LogP contribution in [0.1, 0.15) is 50.5 Å². The molecule has 0 heterocycles. The van der Waals surface area contributed by atoms with Crippen molar-refractivity contribution in [3.63, 3.8) is 0 Å². The van der Waals surface area contributed by atoms with Crippen LogP contribution in [-0.4, -0.2) is 49.1 Å². The van der Waals surface area contributed by atoms with Crippen LogP contribution in [0.2, 0.25) is 0 Å². The second kappa shape index (κ2) is 7.46. The van der Waals surface area contributed by atoms with E-state index in [1.807, 2.05) is 20.3 Å². The van der Waals surface area contributed by atoms with Crippen molar-refractivity contribution < 1.29 is 9.94 Å². The molecule has 0 aromatic heterocycles. The number of hydrogen-bond acceptors (Lipinski definition) is 4. The Hall–Kier alpha value is -1.39. The fourth-order valence-electron chi connectivity index (χ4n) is 4.72. The molecule has 2 saturated carbocycles. The molecule has 4 nitrogen and oxygen atoms in total. The van der Waals surface area contributed by atoms with E-state index in [0.29, 0.717) is 18.4 Å². The summed E-state index contributed by atoms with van der Waals surface area (Å²) < 4.78 is 0. The van der Waals surface area contributed by atoms with Gasteiger partial charge in [0.15, 0.2) is 0 Å². The molecule has 0 amide bonds. The number of oxime groups is 1. The Morgan fingerprint density at radius 3 is 2.72 bits per heavy atom.